The molecule has 0 aliphatic heterocycles. The van der Waals surface area contributed by atoms with Gasteiger partial charge in [0.2, 0.25) is 5.16 Å². The van der Waals surface area contributed by atoms with Crippen molar-refractivity contribution in [1.82, 2.24) is 25.6 Å². The number of hydrogen-bond acceptors (Lipinski definition) is 6. The summed E-state index contributed by atoms with van der Waals surface area (Å²) in [5, 5.41) is 14.2. The minimum absolute atomic E-state index is 0.564. The van der Waals surface area contributed by atoms with E-state index in [9.17, 15) is 0 Å². The van der Waals surface area contributed by atoms with Crippen molar-refractivity contribution in [3.63, 3.8) is 0 Å². The normalized spacial score (nSPS) is 15.7. The first kappa shape index (κ1) is 8.90. The van der Waals surface area contributed by atoms with E-state index in [0.717, 1.165) is 11.7 Å². The number of aromatic amines is 1. The highest BCUT2D eigenvalue weighted by Gasteiger charge is 2.28. The lowest BCUT2D eigenvalue weighted by atomic mass is 10.4. The molecule has 2 aromatic heterocycles. The Balaban J connectivity index is 1.61. The van der Waals surface area contributed by atoms with Crippen molar-refractivity contribution >= 4 is 11.8 Å². The van der Waals surface area contributed by atoms with E-state index in [1.165, 1.54) is 24.6 Å². The maximum absolute atomic E-state index is 5.59. The molecule has 0 radical (unpaired) electrons. The lowest BCUT2D eigenvalue weighted by Gasteiger charge is -1.91. The van der Waals surface area contributed by atoms with Gasteiger partial charge in [-0.2, -0.15) is 5.21 Å². The molecule has 1 fully saturated rings. The van der Waals surface area contributed by atoms with Crippen molar-refractivity contribution in [3.05, 3.63) is 17.8 Å². The maximum Gasteiger partial charge on any atom is 0.231 e. The van der Waals surface area contributed by atoms with Gasteiger partial charge in [0.05, 0.1) is 11.9 Å². The Hall–Kier alpha value is -1.37. The molecule has 1 aliphatic carbocycles. The molecule has 78 valence electrons. The van der Waals surface area contributed by atoms with Gasteiger partial charge in [-0.25, -0.2) is 4.98 Å². The molecule has 1 N–H and O–H groups in total. The highest BCUT2D eigenvalue weighted by molar-refractivity contribution is 7.98. The van der Waals surface area contributed by atoms with Crippen LogP contribution in [0.3, 0.4) is 0 Å². The van der Waals surface area contributed by atoms with Crippen molar-refractivity contribution in [2.75, 3.05) is 0 Å². The average Bonchev–Trinajstić information content (AvgIpc) is 2.82. The van der Waals surface area contributed by atoms with Gasteiger partial charge in [-0.1, -0.05) is 11.8 Å². The smallest absolute Gasteiger partial charge is 0.231 e. The summed E-state index contributed by atoms with van der Waals surface area (Å²) in [6.45, 7) is 0. The first-order chi connectivity index (χ1) is 7.42. The van der Waals surface area contributed by atoms with Crippen LogP contribution < -0.4 is 0 Å². The van der Waals surface area contributed by atoms with Crippen LogP contribution in [0.4, 0.5) is 0 Å². The Morgan fingerprint density at radius 1 is 1.53 bits per heavy atom. The van der Waals surface area contributed by atoms with Crippen LogP contribution in [0.25, 0.3) is 0 Å². The van der Waals surface area contributed by atoms with Gasteiger partial charge in [0.15, 0.2) is 5.89 Å². The molecule has 6 nitrogen and oxygen atoms in total. The highest BCUT2D eigenvalue weighted by atomic mass is 32.2. The molecule has 1 aliphatic rings. The fraction of sp³-hybridized carbons (Fsp3) is 0.500. The Labute approximate surface area is 89.9 Å². The topological polar surface area (TPSA) is 80.5 Å². The fourth-order valence-electron chi connectivity index (χ4n) is 1.26. The Morgan fingerprint density at radius 2 is 2.47 bits per heavy atom. The SMILES string of the molecule is c1nc(C2CC2)oc1CSc1nn[nH]n1. The zero-order chi connectivity index (χ0) is 10.1. The number of H-pyrrole nitrogens is 1. The number of aromatic nitrogens is 5. The molecule has 1 saturated carbocycles. The summed E-state index contributed by atoms with van der Waals surface area (Å²) in [4.78, 5) is 4.23. The molecular weight excluding hydrogens is 214 g/mol. The second-order valence-electron chi connectivity index (χ2n) is 3.42. The standard InChI is InChI=1S/C8H9N5OS/c1-2-5(1)7-9-3-6(14-7)4-15-8-10-12-13-11-8/h3,5H,1-2,4H2,(H,10,11,12,13). The van der Waals surface area contributed by atoms with Gasteiger partial charge >= 0.3 is 0 Å². The second kappa shape index (κ2) is 3.65. The van der Waals surface area contributed by atoms with Crippen molar-refractivity contribution in [2.45, 2.75) is 29.7 Å². The quantitative estimate of drug-likeness (QED) is 0.788. The van der Waals surface area contributed by atoms with Crippen molar-refractivity contribution in [2.24, 2.45) is 0 Å². The predicted molar refractivity (Wildman–Crippen MR) is 52.2 cm³/mol. The summed E-state index contributed by atoms with van der Waals surface area (Å²) in [6, 6.07) is 0. The molecule has 2 aromatic rings. The second-order valence-corrected chi connectivity index (χ2v) is 4.36. The molecule has 0 unspecified atom stereocenters. The summed E-state index contributed by atoms with van der Waals surface area (Å²) in [7, 11) is 0. The van der Waals surface area contributed by atoms with Crippen LogP contribution in [-0.4, -0.2) is 25.6 Å². The van der Waals surface area contributed by atoms with E-state index in [1.54, 1.807) is 6.20 Å². The van der Waals surface area contributed by atoms with Crippen molar-refractivity contribution in [1.29, 1.82) is 0 Å². The van der Waals surface area contributed by atoms with E-state index in [1.807, 2.05) is 0 Å². The third kappa shape index (κ3) is 2.01. The number of tetrazole rings is 1. The molecular formula is C8H9N5OS. The Morgan fingerprint density at radius 3 is 3.20 bits per heavy atom. The molecule has 0 spiro atoms. The monoisotopic (exact) mass is 223 g/mol. The van der Waals surface area contributed by atoms with Crippen LogP contribution in [-0.2, 0) is 5.75 Å². The van der Waals surface area contributed by atoms with Gasteiger partial charge in [-0.3, -0.25) is 0 Å². The molecule has 7 heteroatoms. The van der Waals surface area contributed by atoms with E-state index in [4.69, 9.17) is 4.42 Å². The van der Waals surface area contributed by atoms with E-state index in [0.29, 0.717) is 16.8 Å². The van der Waals surface area contributed by atoms with Crippen LogP contribution in [0.5, 0.6) is 0 Å². The number of rotatable bonds is 4. The van der Waals surface area contributed by atoms with Gasteiger partial charge in [-0.15, -0.1) is 10.2 Å². The zero-order valence-electron chi connectivity index (χ0n) is 7.88. The van der Waals surface area contributed by atoms with Crippen molar-refractivity contribution in [3.8, 4) is 0 Å². The Bertz CT molecular complexity index is 436. The molecule has 0 amide bonds. The summed E-state index contributed by atoms with van der Waals surface area (Å²) in [6.07, 6.45) is 4.19. The minimum atomic E-state index is 0.564. The van der Waals surface area contributed by atoms with Crippen LogP contribution in [0.1, 0.15) is 30.4 Å². The average molecular weight is 223 g/mol. The number of nitrogens with zero attached hydrogens (tertiary/aromatic N) is 4. The van der Waals surface area contributed by atoms with E-state index in [-0.39, 0.29) is 0 Å². The minimum Gasteiger partial charge on any atom is -0.445 e. The molecule has 3 rings (SSSR count). The molecule has 2 heterocycles. The first-order valence-electron chi connectivity index (χ1n) is 4.72. The zero-order valence-corrected chi connectivity index (χ0v) is 8.70. The fourth-order valence-corrected chi connectivity index (χ4v) is 1.87. The highest BCUT2D eigenvalue weighted by Crippen LogP contribution is 2.39. The summed E-state index contributed by atoms with van der Waals surface area (Å²) in [5.41, 5.74) is 0. The third-order valence-corrected chi connectivity index (χ3v) is 3.03. The van der Waals surface area contributed by atoms with E-state index >= 15 is 0 Å². The lowest BCUT2D eigenvalue weighted by molar-refractivity contribution is 0.470. The van der Waals surface area contributed by atoms with Crippen LogP contribution in [0.15, 0.2) is 15.8 Å². The molecule has 0 bridgehead atoms. The van der Waals surface area contributed by atoms with Gasteiger partial charge in [-0.05, 0) is 18.1 Å². The van der Waals surface area contributed by atoms with Crippen LogP contribution >= 0.6 is 11.8 Å². The lowest BCUT2D eigenvalue weighted by Crippen LogP contribution is -1.79. The summed E-state index contributed by atoms with van der Waals surface area (Å²) >= 11 is 1.48. The number of oxazole rings is 1. The molecule has 0 atom stereocenters. The van der Waals surface area contributed by atoms with E-state index in [2.05, 4.69) is 25.6 Å². The number of nitrogens with one attached hydrogen (secondary N) is 1. The predicted octanol–water partition coefficient (Wildman–Crippen LogP) is 1.36. The molecule has 0 aromatic carbocycles. The Kier molecular flexibility index (Phi) is 2.17. The van der Waals surface area contributed by atoms with Gasteiger partial charge in [0.25, 0.3) is 0 Å². The maximum atomic E-state index is 5.59. The van der Waals surface area contributed by atoms with Crippen LogP contribution in [0, 0.1) is 0 Å². The molecule has 0 saturated heterocycles. The van der Waals surface area contributed by atoms with Gasteiger partial charge in [0.1, 0.15) is 5.76 Å². The number of thioether (sulfide) groups is 1. The van der Waals surface area contributed by atoms with Crippen molar-refractivity contribution < 1.29 is 4.42 Å². The van der Waals surface area contributed by atoms with E-state index < -0.39 is 0 Å². The third-order valence-electron chi connectivity index (χ3n) is 2.17. The van der Waals surface area contributed by atoms with Crippen LogP contribution in [0.2, 0.25) is 0 Å². The molecule has 15 heavy (non-hydrogen) atoms. The van der Waals surface area contributed by atoms with Gasteiger partial charge in [0, 0.05) is 5.92 Å². The van der Waals surface area contributed by atoms with Gasteiger partial charge < -0.3 is 4.42 Å². The first-order valence-corrected chi connectivity index (χ1v) is 5.71. The number of hydrogen-bond donors (Lipinski definition) is 1. The largest absolute Gasteiger partial charge is 0.445 e. The summed E-state index contributed by atoms with van der Waals surface area (Å²) < 4.78 is 5.59. The summed E-state index contributed by atoms with van der Waals surface area (Å²) in [5.74, 6) is 3.00.